The zero-order chi connectivity index (χ0) is 29.7. The van der Waals surface area contributed by atoms with Crippen LogP contribution < -0.4 is 0 Å². The Morgan fingerprint density at radius 2 is 1.47 bits per heavy atom. The molecule has 0 fully saturated rings. The zero-order valence-electron chi connectivity index (χ0n) is 25.8. The SMILES string of the molecule is C/C(=C/CCCN(C(=O)OC(C)(C)C)C(=O)OC(C)(C)C)c1cn(CCC(C)(C)C)cn1.CCOC(C)=O. The number of hydrogen-bond acceptors (Lipinski definition) is 7. The van der Waals surface area contributed by atoms with E-state index < -0.39 is 23.4 Å². The zero-order valence-corrected chi connectivity index (χ0v) is 25.8. The minimum absolute atomic E-state index is 0.211. The van der Waals surface area contributed by atoms with Crippen molar-refractivity contribution in [1.82, 2.24) is 14.5 Å². The van der Waals surface area contributed by atoms with Gasteiger partial charge in [-0.3, -0.25) is 4.79 Å². The van der Waals surface area contributed by atoms with Crippen molar-refractivity contribution in [3.63, 3.8) is 0 Å². The fourth-order valence-electron chi connectivity index (χ4n) is 2.92. The van der Waals surface area contributed by atoms with Crippen LogP contribution in [0.3, 0.4) is 0 Å². The van der Waals surface area contributed by atoms with Gasteiger partial charge in [0.2, 0.25) is 0 Å². The van der Waals surface area contributed by atoms with E-state index in [1.165, 1.54) is 6.92 Å². The van der Waals surface area contributed by atoms with E-state index in [1.54, 1.807) is 48.5 Å². The molecule has 0 saturated heterocycles. The number of esters is 1. The van der Waals surface area contributed by atoms with Crippen molar-refractivity contribution < 1.29 is 28.6 Å². The molecule has 1 aromatic rings. The van der Waals surface area contributed by atoms with Crippen molar-refractivity contribution in [2.24, 2.45) is 5.41 Å². The van der Waals surface area contributed by atoms with Crippen LogP contribution in [0.15, 0.2) is 18.6 Å². The summed E-state index contributed by atoms with van der Waals surface area (Å²) in [5, 5.41) is 0. The van der Waals surface area contributed by atoms with Crippen molar-refractivity contribution in [3.05, 3.63) is 24.3 Å². The standard InChI is InChI=1S/C25H43N3O4.C4H8O2/c1-19(20-17-27(18-26-20)16-14-23(2,3)4)13-11-12-15-28(21(29)31-24(5,6)7)22(30)32-25(8,9)10;1-3-6-4(2)5/h13,17-18H,11-12,14-16H2,1-10H3;3H2,1-2H3/b19-13-;. The van der Waals surface area contributed by atoms with E-state index in [1.807, 2.05) is 13.3 Å². The first kappa shape index (κ1) is 35.2. The molecule has 0 N–H and O–H groups in total. The molecule has 0 spiro atoms. The topological polar surface area (TPSA) is 100.0 Å². The summed E-state index contributed by atoms with van der Waals surface area (Å²) in [6.45, 7) is 24.1. The number of nitrogens with zero attached hydrogens (tertiary/aromatic N) is 3. The second-order valence-corrected chi connectivity index (χ2v) is 12.4. The van der Waals surface area contributed by atoms with E-state index in [9.17, 15) is 14.4 Å². The summed E-state index contributed by atoms with van der Waals surface area (Å²) in [4.78, 5) is 40.5. The van der Waals surface area contributed by atoms with Crippen molar-refractivity contribution in [2.75, 3.05) is 13.2 Å². The number of carbonyl (C=O) groups is 3. The van der Waals surface area contributed by atoms with Gasteiger partial charge in [0.05, 0.1) is 18.6 Å². The maximum Gasteiger partial charge on any atom is 0.419 e. The molecule has 0 saturated carbocycles. The molecule has 0 unspecified atom stereocenters. The number of imide groups is 1. The predicted molar refractivity (Wildman–Crippen MR) is 151 cm³/mol. The van der Waals surface area contributed by atoms with Gasteiger partial charge >= 0.3 is 18.2 Å². The van der Waals surface area contributed by atoms with E-state index in [4.69, 9.17) is 9.47 Å². The minimum atomic E-state index is -0.695. The number of rotatable bonds is 8. The number of imidazole rings is 1. The highest BCUT2D eigenvalue weighted by atomic mass is 16.6. The van der Waals surface area contributed by atoms with Gasteiger partial charge in [-0.25, -0.2) is 19.5 Å². The normalized spacial score (nSPS) is 12.3. The number of amides is 2. The summed E-state index contributed by atoms with van der Waals surface area (Å²) >= 11 is 0. The highest BCUT2D eigenvalue weighted by Gasteiger charge is 2.30. The second kappa shape index (κ2) is 15.5. The first-order valence-electron chi connectivity index (χ1n) is 13.3. The van der Waals surface area contributed by atoms with Gasteiger partial charge in [-0.15, -0.1) is 0 Å². The molecule has 1 rings (SSSR count). The van der Waals surface area contributed by atoms with Crippen LogP contribution in [0.1, 0.15) is 108 Å². The largest absolute Gasteiger partial charge is 0.466 e. The van der Waals surface area contributed by atoms with Crippen LogP contribution >= 0.6 is 0 Å². The van der Waals surface area contributed by atoms with Gasteiger partial charge in [-0.05, 0) is 85.6 Å². The summed E-state index contributed by atoms with van der Waals surface area (Å²) in [7, 11) is 0. The average molecular weight is 538 g/mol. The molecule has 0 aliphatic carbocycles. The summed E-state index contributed by atoms with van der Waals surface area (Å²) in [6, 6.07) is 0. The van der Waals surface area contributed by atoms with E-state index in [0.29, 0.717) is 19.4 Å². The first-order chi connectivity index (χ1) is 17.2. The molecular formula is C29H51N3O6. The van der Waals surface area contributed by atoms with E-state index >= 15 is 0 Å². The summed E-state index contributed by atoms with van der Waals surface area (Å²) < 4.78 is 17.3. The van der Waals surface area contributed by atoms with Crippen LogP contribution in [0.2, 0.25) is 0 Å². The fraction of sp³-hybridized carbons (Fsp3) is 0.724. The molecule has 0 bridgehead atoms. The number of allylic oxidation sites excluding steroid dienone is 2. The molecule has 0 aliphatic heterocycles. The quantitative estimate of drug-likeness (QED) is 0.196. The Bertz CT molecular complexity index is 886. The number of unbranched alkanes of at least 4 members (excludes halogenated alkanes) is 1. The highest BCUT2D eigenvalue weighted by molar-refractivity contribution is 5.88. The molecule has 9 nitrogen and oxygen atoms in total. The molecule has 9 heteroatoms. The smallest absolute Gasteiger partial charge is 0.419 e. The van der Waals surface area contributed by atoms with Crippen molar-refractivity contribution in [1.29, 1.82) is 0 Å². The van der Waals surface area contributed by atoms with Gasteiger partial charge in [-0.1, -0.05) is 26.8 Å². The molecule has 0 aromatic carbocycles. The Morgan fingerprint density at radius 1 is 0.947 bits per heavy atom. The Labute approximate surface area is 229 Å². The molecule has 1 heterocycles. The van der Waals surface area contributed by atoms with E-state index in [-0.39, 0.29) is 17.9 Å². The molecule has 218 valence electrons. The van der Waals surface area contributed by atoms with E-state index in [2.05, 4.69) is 47.3 Å². The van der Waals surface area contributed by atoms with E-state index in [0.717, 1.165) is 29.1 Å². The van der Waals surface area contributed by atoms with Crippen LogP contribution in [-0.2, 0) is 25.5 Å². The monoisotopic (exact) mass is 537 g/mol. The third-order valence-corrected chi connectivity index (χ3v) is 4.77. The number of hydrogen-bond donors (Lipinski definition) is 0. The van der Waals surface area contributed by atoms with Gasteiger partial charge in [-0.2, -0.15) is 0 Å². The number of carbonyl (C=O) groups excluding carboxylic acids is 3. The van der Waals surface area contributed by atoms with Crippen LogP contribution in [-0.4, -0.2) is 57.0 Å². The Morgan fingerprint density at radius 3 is 1.87 bits per heavy atom. The second-order valence-electron chi connectivity index (χ2n) is 12.4. The van der Waals surface area contributed by atoms with Gasteiger partial charge in [0.1, 0.15) is 11.2 Å². The number of ether oxygens (including phenoxy) is 3. The average Bonchev–Trinajstić information content (AvgIpc) is 3.18. The maximum absolute atomic E-state index is 12.5. The van der Waals surface area contributed by atoms with Crippen LogP contribution in [0.5, 0.6) is 0 Å². The van der Waals surface area contributed by atoms with Crippen LogP contribution in [0.4, 0.5) is 9.59 Å². The van der Waals surface area contributed by atoms with Gasteiger partial charge < -0.3 is 18.8 Å². The first-order valence-corrected chi connectivity index (χ1v) is 13.3. The molecule has 0 aliphatic rings. The molecule has 0 radical (unpaired) electrons. The van der Waals surface area contributed by atoms with Gasteiger partial charge in [0.15, 0.2) is 0 Å². The highest BCUT2D eigenvalue weighted by Crippen LogP contribution is 2.20. The lowest BCUT2D eigenvalue weighted by Crippen LogP contribution is -2.44. The molecule has 1 aromatic heterocycles. The molecule has 2 amide bonds. The Kier molecular flexibility index (Phi) is 14.4. The molecular weight excluding hydrogens is 486 g/mol. The lowest BCUT2D eigenvalue weighted by Gasteiger charge is -2.28. The van der Waals surface area contributed by atoms with Crippen molar-refractivity contribution in [2.45, 2.75) is 120 Å². The van der Waals surface area contributed by atoms with Crippen LogP contribution in [0, 0.1) is 5.41 Å². The third kappa shape index (κ3) is 17.6. The summed E-state index contributed by atoms with van der Waals surface area (Å²) in [6.07, 6.45) is 7.00. The maximum atomic E-state index is 12.5. The van der Waals surface area contributed by atoms with Crippen molar-refractivity contribution >= 4 is 23.7 Å². The van der Waals surface area contributed by atoms with Crippen molar-refractivity contribution in [3.8, 4) is 0 Å². The third-order valence-electron chi connectivity index (χ3n) is 4.77. The molecule has 38 heavy (non-hydrogen) atoms. The number of aryl methyl sites for hydroxylation is 1. The Balaban J connectivity index is 0.00000203. The van der Waals surface area contributed by atoms with Gasteiger partial charge in [0.25, 0.3) is 0 Å². The lowest BCUT2D eigenvalue weighted by molar-refractivity contribution is -0.140. The summed E-state index contributed by atoms with van der Waals surface area (Å²) in [5.41, 5.74) is 0.901. The van der Waals surface area contributed by atoms with Gasteiger partial charge in [0, 0.05) is 26.2 Å². The minimum Gasteiger partial charge on any atom is -0.466 e. The Hall–Kier alpha value is -2.84. The summed E-state index contributed by atoms with van der Waals surface area (Å²) in [5.74, 6) is -0.211. The number of aromatic nitrogens is 2. The lowest BCUT2D eigenvalue weighted by atomic mass is 9.92. The fourth-order valence-corrected chi connectivity index (χ4v) is 2.92. The van der Waals surface area contributed by atoms with Crippen LogP contribution in [0.25, 0.3) is 5.57 Å². The molecule has 0 atom stereocenters. The predicted octanol–water partition coefficient (Wildman–Crippen LogP) is 7.24.